The zero-order valence-electron chi connectivity index (χ0n) is 9.46. The largest absolute Gasteiger partial charge is 0.368 e. The molecule has 0 aliphatic rings. The molecular weight excluding hydrogens is 232 g/mol. The Balaban J connectivity index is 2.16. The molecule has 2 amide bonds. The molecule has 1 aromatic heterocycles. The summed E-state index contributed by atoms with van der Waals surface area (Å²) in [5, 5.41) is 8.88. The number of aromatic nitrogens is 2. The van der Waals surface area contributed by atoms with Crippen molar-refractivity contribution in [1.29, 1.82) is 0 Å². The maximum atomic E-state index is 11.9. The van der Waals surface area contributed by atoms with E-state index in [1.54, 1.807) is 36.4 Å². The number of carbonyl (C=O) groups is 2. The first kappa shape index (κ1) is 11.8. The molecule has 0 spiro atoms. The van der Waals surface area contributed by atoms with Crippen molar-refractivity contribution in [3.05, 3.63) is 53.9 Å². The molecule has 6 heteroatoms. The van der Waals surface area contributed by atoms with Gasteiger partial charge in [0.25, 0.3) is 5.91 Å². The first-order valence-corrected chi connectivity index (χ1v) is 5.33. The van der Waals surface area contributed by atoms with E-state index in [0.717, 1.165) is 0 Å². The molecule has 0 aliphatic carbocycles. The van der Waals surface area contributed by atoms with Gasteiger partial charge >= 0.3 is 0 Å². The molecule has 0 fully saturated rings. The molecule has 4 N–H and O–H groups in total. The predicted molar refractivity (Wildman–Crippen MR) is 64.4 cm³/mol. The van der Waals surface area contributed by atoms with Crippen LogP contribution in [0.15, 0.2) is 42.6 Å². The number of benzene rings is 1. The lowest BCUT2D eigenvalue weighted by Crippen LogP contribution is -2.37. The number of rotatable bonds is 4. The number of hydrogen-bond acceptors (Lipinski definition) is 3. The van der Waals surface area contributed by atoms with Crippen molar-refractivity contribution in [2.75, 3.05) is 0 Å². The van der Waals surface area contributed by atoms with Gasteiger partial charge in [-0.15, -0.1) is 0 Å². The molecule has 1 unspecified atom stereocenters. The fourth-order valence-corrected chi connectivity index (χ4v) is 1.53. The Morgan fingerprint density at radius 1 is 1.22 bits per heavy atom. The topological polar surface area (TPSA) is 101 Å². The average Bonchev–Trinajstić information content (AvgIpc) is 2.90. The molecule has 18 heavy (non-hydrogen) atoms. The highest BCUT2D eigenvalue weighted by Crippen LogP contribution is 2.10. The summed E-state index contributed by atoms with van der Waals surface area (Å²) in [6.45, 7) is 0. The standard InChI is InChI=1S/C12H12N4O2/c13-11(17)10(9-6-7-14-16-9)15-12(18)8-4-2-1-3-5-8/h1-7,10H,(H2,13,17)(H,14,16)(H,15,18). The van der Waals surface area contributed by atoms with E-state index >= 15 is 0 Å². The van der Waals surface area contributed by atoms with Crippen LogP contribution < -0.4 is 11.1 Å². The van der Waals surface area contributed by atoms with Gasteiger partial charge in [0.15, 0.2) is 0 Å². The number of hydrogen-bond donors (Lipinski definition) is 3. The summed E-state index contributed by atoms with van der Waals surface area (Å²) < 4.78 is 0. The van der Waals surface area contributed by atoms with E-state index in [4.69, 9.17) is 5.73 Å². The Labute approximate surface area is 103 Å². The first-order valence-electron chi connectivity index (χ1n) is 5.33. The number of carbonyl (C=O) groups excluding carboxylic acids is 2. The molecule has 0 saturated carbocycles. The molecule has 0 radical (unpaired) electrons. The van der Waals surface area contributed by atoms with Gasteiger partial charge in [-0.1, -0.05) is 18.2 Å². The van der Waals surface area contributed by atoms with Gasteiger partial charge in [-0.25, -0.2) is 0 Å². The summed E-state index contributed by atoms with van der Waals surface area (Å²) in [4.78, 5) is 23.2. The number of nitrogens with zero attached hydrogens (tertiary/aromatic N) is 1. The van der Waals surface area contributed by atoms with Crippen LogP contribution in [0.2, 0.25) is 0 Å². The Kier molecular flexibility index (Phi) is 3.38. The number of nitrogens with two attached hydrogens (primary N) is 1. The summed E-state index contributed by atoms with van der Waals surface area (Å²) in [7, 11) is 0. The summed E-state index contributed by atoms with van der Waals surface area (Å²) in [6, 6.07) is 9.26. The Morgan fingerprint density at radius 2 is 1.94 bits per heavy atom. The summed E-state index contributed by atoms with van der Waals surface area (Å²) in [6.07, 6.45) is 1.49. The second-order valence-electron chi connectivity index (χ2n) is 3.69. The van der Waals surface area contributed by atoms with Gasteiger partial charge in [0.1, 0.15) is 6.04 Å². The van der Waals surface area contributed by atoms with Crippen LogP contribution >= 0.6 is 0 Å². The van der Waals surface area contributed by atoms with Crippen molar-refractivity contribution in [3.8, 4) is 0 Å². The smallest absolute Gasteiger partial charge is 0.252 e. The molecule has 92 valence electrons. The van der Waals surface area contributed by atoms with Gasteiger partial charge in [-0.05, 0) is 18.2 Å². The van der Waals surface area contributed by atoms with Crippen molar-refractivity contribution >= 4 is 11.8 Å². The number of nitrogens with one attached hydrogen (secondary N) is 2. The lowest BCUT2D eigenvalue weighted by molar-refractivity contribution is -0.120. The molecule has 2 aromatic rings. The van der Waals surface area contributed by atoms with E-state index in [9.17, 15) is 9.59 Å². The average molecular weight is 244 g/mol. The third-order valence-electron chi connectivity index (χ3n) is 2.43. The van der Waals surface area contributed by atoms with Crippen LogP contribution in [-0.2, 0) is 4.79 Å². The Hall–Kier alpha value is -2.63. The lowest BCUT2D eigenvalue weighted by atomic mass is 10.1. The highest BCUT2D eigenvalue weighted by atomic mass is 16.2. The van der Waals surface area contributed by atoms with Gasteiger partial charge in [0, 0.05) is 11.8 Å². The Bertz CT molecular complexity index is 536. The quantitative estimate of drug-likeness (QED) is 0.724. The molecule has 6 nitrogen and oxygen atoms in total. The number of aromatic amines is 1. The number of amides is 2. The van der Waals surface area contributed by atoms with Crippen LogP contribution in [0.4, 0.5) is 0 Å². The summed E-state index contributed by atoms with van der Waals surface area (Å²) in [5.74, 6) is -1.02. The fraction of sp³-hybridized carbons (Fsp3) is 0.0833. The van der Waals surface area contributed by atoms with Gasteiger partial charge in [-0.3, -0.25) is 14.7 Å². The van der Waals surface area contributed by atoms with E-state index in [1.807, 2.05) is 0 Å². The minimum Gasteiger partial charge on any atom is -0.368 e. The van der Waals surface area contributed by atoms with Gasteiger partial charge in [0.05, 0.1) is 5.69 Å². The summed E-state index contributed by atoms with van der Waals surface area (Å²) >= 11 is 0. The van der Waals surface area contributed by atoms with Gasteiger partial charge in [0.2, 0.25) is 5.91 Å². The molecule has 1 aromatic carbocycles. The predicted octanol–water partition coefficient (Wildman–Crippen LogP) is 0.366. The van der Waals surface area contributed by atoms with Crippen molar-refractivity contribution in [2.45, 2.75) is 6.04 Å². The van der Waals surface area contributed by atoms with Crippen LogP contribution in [0.5, 0.6) is 0 Å². The van der Waals surface area contributed by atoms with Crippen LogP contribution in [0.25, 0.3) is 0 Å². The summed E-state index contributed by atoms with van der Waals surface area (Å²) in [5.41, 5.74) is 6.16. The molecule has 1 atom stereocenters. The van der Waals surface area contributed by atoms with Crippen molar-refractivity contribution in [2.24, 2.45) is 5.73 Å². The van der Waals surface area contributed by atoms with Crippen LogP contribution in [-0.4, -0.2) is 22.0 Å². The number of H-pyrrole nitrogens is 1. The zero-order valence-corrected chi connectivity index (χ0v) is 9.46. The lowest BCUT2D eigenvalue weighted by Gasteiger charge is -2.13. The monoisotopic (exact) mass is 244 g/mol. The van der Waals surface area contributed by atoms with Crippen molar-refractivity contribution in [3.63, 3.8) is 0 Å². The highest BCUT2D eigenvalue weighted by molar-refractivity contribution is 5.97. The van der Waals surface area contributed by atoms with E-state index in [1.165, 1.54) is 6.20 Å². The van der Waals surface area contributed by atoms with Crippen LogP contribution in [0.3, 0.4) is 0 Å². The van der Waals surface area contributed by atoms with E-state index in [2.05, 4.69) is 15.5 Å². The molecule has 2 rings (SSSR count). The Morgan fingerprint density at radius 3 is 2.50 bits per heavy atom. The van der Waals surface area contributed by atoms with E-state index < -0.39 is 11.9 Å². The second-order valence-corrected chi connectivity index (χ2v) is 3.69. The second kappa shape index (κ2) is 5.13. The normalized spacial score (nSPS) is 11.8. The van der Waals surface area contributed by atoms with Crippen LogP contribution in [0, 0.1) is 0 Å². The maximum Gasteiger partial charge on any atom is 0.252 e. The third-order valence-corrected chi connectivity index (χ3v) is 2.43. The maximum absolute atomic E-state index is 11.9. The van der Waals surface area contributed by atoms with Crippen molar-refractivity contribution < 1.29 is 9.59 Å². The molecule has 0 aliphatic heterocycles. The van der Waals surface area contributed by atoms with Gasteiger partial charge < -0.3 is 11.1 Å². The first-order chi connectivity index (χ1) is 8.68. The SMILES string of the molecule is NC(=O)C(NC(=O)c1ccccc1)c1ccn[nH]1. The molecule has 1 heterocycles. The molecule has 0 saturated heterocycles. The zero-order chi connectivity index (χ0) is 13.0. The molecular formula is C12H12N4O2. The minimum atomic E-state index is -0.916. The highest BCUT2D eigenvalue weighted by Gasteiger charge is 2.21. The third kappa shape index (κ3) is 2.54. The number of primary amides is 1. The van der Waals surface area contributed by atoms with Crippen LogP contribution in [0.1, 0.15) is 22.1 Å². The van der Waals surface area contributed by atoms with E-state index in [0.29, 0.717) is 11.3 Å². The molecule has 0 bridgehead atoms. The fourth-order valence-electron chi connectivity index (χ4n) is 1.53. The minimum absolute atomic E-state index is 0.367. The van der Waals surface area contributed by atoms with Gasteiger partial charge in [-0.2, -0.15) is 5.10 Å². The van der Waals surface area contributed by atoms with Crippen molar-refractivity contribution in [1.82, 2.24) is 15.5 Å². The van der Waals surface area contributed by atoms with E-state index in [-0.39, 0.29) is 5.91 Å².